The molecule has 1 aromatic heterocycles. The van der Waals surface area contributed by atoms with Crippen molar-refractivity contribution in [3.05, 3.63) is 50.4 Å². The Hall–Kier alpha value is -0.910. The topological polar surface area (TPSA) is 29.3 Å². The molecule has 114 valence electrons. The van der Waals surface area contributed by atoms with Crippen LogP contribution in [0.1, 0.15) is 24.5 Å². The summed E-state index contributed by atoms with van der Waals surface area (Å²) >= 11 is 5.15. The highest BCUT2D eigenvalue weighted by molar-refractivity contribution is 9.11. The number of nitrogens with two attached hydrogens (primary N) is 1. The van der Waals surface area contributed by atoms with Crippen molar-refractivity contribution in [1.29, 1.82) is 0 Å². The summed E-state index contributed by atoms with van der Waals surface area (Å²) in [7, 11) is 2.03. The van der Waals surface area contributed by atoms with Gasteiger partial charge in [0.15, 0.2) is 0 Å². The molecule has 0 saturated carbocycles. The van der Waals surface area contributed by atoms with Gasteiger partial charge in [0.2, 0.25) is 0 Å². The molecule has 0 bridgehead atoms. The minimum atomic E-state index is -0.205. The molecule has 0 amide bonds. The van der Waals surface area contributed by atoms with Crippen LogP contribution in [-0.4, -0.2) is 13.1 Å². The zero-order chi connectivity index (χ0) is 15.4. The molecule has 0 radical (unpaired) electrons. The highest BCUT2D eigenvalue weighted by atomic mass is 79.9. The standard InChI is InChI=1S/C16H20BrFN2S/c1-3-14(19)8-12-7-13(18)4-5-15(12)20(2)9-11-6-16(17)21-10-11/h4-7,10,14H,3,8-9,19H2,1-2H3. The van der Waals surface area contributed by atoms with E-state index in [-0.39, 0.29) is 11.9 Å². The lowest BCUT2D eigenvalue weighted by Gasteiger charge is -2.23. The highest BCUT2D eigenvalue weighted by Gasteiger charge is 2.12. The van der Waals surface area contributed by atoms with Gasteiger partial charge in [-0.25, -0.2) is 4.39 Å². The van der Waals surface area contributed by atoms with Gasteiger partial charge in [0.05, 0.1) is 3.79 Å². The summed E-state index contributed by atoms with van der Waals surface area (Å²) in [5.41, 5.74) is 9.29. The molecule has 1 heterocycles. The summed E-state index contributed by atoms with van der Waals surface area (Å²) in [6, 6.07) is 7.13. The molecular formula is C16H20BrFN2S. The van der Waals surface area contributed by atoms with Gasteiger partial charge in [-0.15, -0.1) is 11.3 Å². The zero-order valence-corrected chi connectivity index (χ0v) is 14.7. The van der Waals surface area contributed by atoms with Crippen LogP contribution in [0.15, 0.2) is 33.4 Å². The van der Waals surface area contributed by atoms with Crippen LogP contribution in [0.5, 0.6) is 0 Å². The third-order valence-electron chi connectivity index (χ3n) is 3.50. The van der Waals surface area contributed by atoms with Gasteiger partial charge in [0.1, 0.15) is 5.82 Å². The number of halogens is 2. The lowest BCUT2D eigenvalue weighted by atomic mass is 10.0. The van der Waals surface area contributed by atoms with Crippen molar-refractivity contribution >= 4 is 33.0 Å². The first-order valence-electron chi connectivity index (χ1n) is 6.97. The normalized spacial score (nSPS) is 12.4. The Morgan fingerprint density at radius 2 is 2.14 bits per heavy atom. The quantitative estimate of drug-likeness (QED) is 0.806. The maximum absolute atomic E-state index is 13.5. The Labute approximate surface area is 137 Å². The van der Waals surface area contributed by atoms with E-state index < -0.39 is 0 Å². The Morgan fingerprint density at radius 1 is 1.38 bits per heavy atom. The molecule has 2 nitrogen and oxygen atoms in total. The smallest absolute Gasteiger partial charge is 0.123 e. The second-order valence-corrected chi connectivity index (χ2v) is 7.55. The van der Waals surface area contributed by atoms with Crippen molar-refractivity contribution in [2.24, 2.45) is 5.73 Å². The van der Waals surface area contributed by atoms with E-state index in [1.807, 2.05) is 13.1 Å². The van der Waals surface area contributed by atoms with E-state index in [0.29, 0.717) is 6.42 Å². The first-order chi connectivity index (χ1) is 9.99. The van der Waals surface area contributed by atoms with Crippen LogP contribution in [0.2, 0.25) is 0 Å². The fraction of sp³-hybridized carbons (Fsp3) is 0.375. The van der Waals surface area contributed by atoms with Gasteiger partial charge in [0, 0.05) is 25.3 Å². The van der Waals surface area contributed by atoms with Gasteiger partial charge in [-0.1, -0.05) is 6.92 Å². The molecule has 0 aliphatic rings. The lowest BCUT2D eigenvalue weighted by Crippen LogP contribution is -2.24. The van der Waals surface area contributed by atoms with Crippen LogP contribution >= 0.6 is 27.3 Å². The van der Waals surface area contributed by atoms with E-state index in [9.17, 15) is 4.39 Å². The molecule has 2 N–H and O–H groups in total. The number of anilines is 1. The summed E-state index contributed by atoms with van der Waals surface area (Å²) in [5.74, 6) is -0.205. The molecule has 1 unspecified atom stereocenters. The van der Waals surface area contributed by atoms with Crippen molar-refractivity contribution < 1.29 is 4.39 Å². The molecule has 5 heteroatoms. The predicted octanol–water partition coefficient (Wildman–Crippen LogP) is 4.57. The summed E-state index contributed by atoms with van der Waals surface area (Å²) in [6.45, 7) is 2.85. The molecule has 0 fully saturated rings. The number of rotatable bonds is 6. The van der Waals surface area contributed by atoms with Crippen molar-refractivity contribution in [2.75, 3.05) is 11.9 Å². The van der Waals surface area contributed by atoms with Crippen LogP contribution in [-0.2, 0) is 13.0 Å². The Kier molecular flexibility index (Phi) is 5.79. The summed E-state index contributed by atoms with van der Waals surface area (Å²) < 4.78 is 14.7. The Bertz CT molecular complexity index is 600. The molecule has 0 saturated heterocycles. The van der Waals surface area contributed by atoms with Gasteiger partial charge in [-0.05, 0) is 69.5 Å². The van der Waals surface area contributed by atoms with Crippen molar-refractivity contribution in [3.8, 4) is 0 Å². The highest BCUT2D eigenvalue weighted by Crippen LogP contribution is 2.26. The summed E-state index contributed by atoms with van der Waals surface area (Å²) in [6.07, 6.45) is 1.58. The molecule has 2 rings (SSSR count). The van der Waals surface area contributed by atoms with Gasteiger partial charge >= 0.3 is 0 Å². The summed E-state index contributed by atoms with van der Waals surface area (Å²) in [5, 5.41) is 2.13. The second kappa shape index (κ2) is 7.38. The fourth-order valence-electron chi connectivity index (χ4n) is 2.30. The third kappa shape index (κ3) is 4.53. The Balaban J connectivity index is 2.20. The number of nitrogens with zero attached hydrogens (tertiary/aromatic N) is 1. The molecule has 0 spiro atoms. The van der Waals surface area contributed by atoms with Gasteiger partial charge < -0.3 is 10.6 Å². The molecular weight excluding hydrogens is 351 g/mol. The van der Waals surface area contributed by atoms with E-state index in [4.69, 9.17) is 5.73 Å². The lowest BCUT2D eigenvalue weighted by molar-refractivity contribution is 0.613. The van der Waals surface area contributed by atoms with Crippen molar-refractivity contribution in [2.45, 2.75) is 32.4 Å². The van der Waals surface area contributed by atoms with Gasteiger partial charge in [0.25, 0.3) is 0 Å². The second-order valence-electron chi connectivity index (χ2n) is 5.26. The van der Waals surface area contributed by atoms with E-state index >= 15 is 0 Å². The fourth-order valence-corrected chi connectivity index (χ4v) is 3.50. The minimum absolute atomic E-state index is 0.0641. The number of benzene rings is 1. The van der Waals surface area contributed by atoms with Crippen molar-refractivity contribution in [1.82, 2.24) is 0 Å². The molecule has 1 aromatic carbocycles. The van der Waals surface area contributed by atoms with E-state index in [0.717, 1.165) is 28.0 Å². The predicted molar refractivity (Wildman–Crippen MR) is 92.5 cm³/mol. The van der Waals surface area contributed by atoms with Crippen LogP contribution in [0, 0.1) is 5.82 Å². The number of hydrogen-bond acceptors (Lipinski definition) is 3. The number of thiophene rings is 1. The van der Waals surface area contributed by atoms with Crippen LogP contribution < -0.4 is 10.6 Å². The monoisotopic (exact) mass is 370 g/mol. The van der Waals surface area contributed by atoms with Gasteiger partial charge in [-0.2, -0.15) is 0 Å². The van der Waals surface area contributed by atoms with E-state index in [1.165, 1.54) is 11.6 Å². The molecule has 21 heavy (non-hydrogen) atoms. The zero-order valence-electron chi connectivity index (χ0n) is 12.3. The average Bonchev–Trinajstić information content (AvgIpc) is 2.84. The van der Waals surface area contributed by atoms with Crippen molar-refractivity contribution in [3.63, 3.8) is 0 Å². The maximum atomic E-state index is 13.5. The van der Waals surface area contributed by atoms with Crippen LogP contribution in [0.3, 0.4) is 0 Å². The molecule has 1 atom stereocenters. The average molecular weight is 371 g/mol. The first-order valence-corrected chi connectivity index (χ1v) is 8.65. The van der Waals surface area contributed by atoms with E-state index in [1.54, 1.807) is 17.4 Å². The van der Waals surface area contributed by atoms with Crippen LogP contribution in [0.25, 0.3) is 0 Å². The third-order valence-corrected chi connectivity index (χ3v) is 5.05. The maximum Gasteiger partial charge on any atom is 0.123 e. The minimum Gasteiger partial charge on any atom is -0.370 e. The van der Waals surface area contributed by atoms with Crippen LogP contribution in [0.4, 0.5) is 10.1 Å². The van der Waals surface area contributed by atoms with E-state index in [2.05, 4.69) is 39.2 Å². The Morgan fingerprint density at radius 3 is 2.76 bits per heavy atom. The SMILES string of the molecule is CCC(N)Cc1cc(F)ccc1N(C)Cc1csc(Br)c1. The largest absolute Gasteiger partial charge is 0.370 e. The molecule has 0 aliphatic heterocycles. The number of hydrogen-bond donors (Lipinski definition) is 1. The molecule has 0 aliphatic carbocycles. The molecule has 2 aromatic rings. The van der Waals surface area contributed by atoms with Gasteiger partial charge in [-0.3, -0.25) is 0 Å². The summed E-state index contributed by atoms with van der Waals surface area (Å²) in [4.78, 5) is 2.14. The first kappa shape index (κ1) is 16.5.